The number of rotatable bonds is 4. The van der Waals surface area contributed by atoms with Crippen LogP contribution in [-0.2, 0) is 6.42 Å². The summed E-state index contributed by atoms with van der Waals surface area (Å²) in [6.45, 7) is 4.15. The lowest BCUT2D eigenvalue weighted by molar-refractivity contribution is 0.462. The molecular formula is C11H15NO. The van der Waals surface area contributed by atoms with Crippen LogP contribution in [-0.4, -0.2) is 0 Å². The minimum atomic E-state index is 0.467. The Hall–Kier alpha value is -1.23. The van der Waals surface area contributed by atoms with E-state index in [9.17, 15) is 0 Å². The lowest BCUT2D eigenvalue weighted by Crippen LogP contribution is -1.96. The molecule has 0 spiro atoms. The van der Waals surface area contributed by atoms with Gasteiger partial charge in [0.05, 0.1) is 12.3 Å². The summed E-state index contributed by atoms with van der Waals surface area (Å²) in [6.07, 6.45) is 4.34. The molecule has 0 amide bonds. The molecule has 0 aromatic carbocycles. The zero-order valence-electron chi connectivity index (χ0n) is 8.21. The average molecular weight is 177 g/mol. The Morgan fingerprint density at radius 1 is 1.62 bits per heavy atom. The molecule has 0 radical (unpaired) electrons. The highest BCUT2D eigenvalue weighted by Crippen LogP contribution is 2.15. The molecule has 2 heteroatoms. The maximum atomic E-state index is 8.48. The van der Waals surface area contributed by atoms with Gasteiger partial charge in [-0.15, -0.1) is 0 Å². The van der Waals surface area contributed by atoms with Crippen LogP contribution in [0.4, 0.5) is 0 Å². The number of nitrogens with zero attached hydrogens (tertiary/aromatic N) is 1. The molecule has 1 rings (SSSR count). The molecule has 1 heterocycles. The lowest BCUT2D eigenvalue weighted by atomic mass is 10.0. The van der Waals surface area contributed by atoms with Gasteiger partial charge in [0.15, 0.2) is 0 Å². The van der Waals surface area contributed by atoms with Crippen LogP contribution in [0.1, 0.15) is 31.1 Å². The zero-order valence-corrected chi connectivity index (χ0v) is 8.21. The second-order valence-corrected chi connectivity index (χ2v) is 3.53. The van der Waals surface area contributed by atoms with E-state index in [2.05, 4.69) is 13.0 Å². The molecule has 0 bridgehead atoms. The Kier molecular flexibility index (Phi) is 3.57. The molecule has 0 N–H and O–H groups in total. The van der Waals surface area contributed by atoms with Crippen LogP contribution in [0, 0.1) is 24.2 Å². The fourth-order valence-electron chi connectivity index (χ4n) is 1.30. The third kappa shape index (κ3) is 2.95. The monoisotopic (exact) mass is 177 g/mol. The van der Waals surface area contributed by atoms with E-state index in [0.29, 0.717) is 12.3 Å². The average Bonchev–Trinajstić information content (AvgIpc) is 2.48. The predicted molar refractivity (Wildman–Crippen MR) is 51.2 cm³/mol. The summed E-state index contributed by atoms with van der Waals surface area (Å²) >= 11 is 0. The fraction of sp³-hybridized carbons (Fsp3) is 0.545. The van der Waals surface area contributed by atoms with Gasteiger partial charge >= 0.3 is 0 Å². The first-order valence-electron chi connectivity index (χ1n) is 4.64. The maximum absolute atomic E-state index is 8.48. The number of nitriles is 1. The van der Waals surface area contributed by atoms with E-state index in [-0.39, 0.29) is 0 Å². The van der Waals surface area contributed by atoms with Crippen molar-refractivity contribution in [3.8, 4) is 6.07 Å². The van der Waals surface area contributed by atoms with E-state index < -0.39 is 0 Å². The van der Waals surface area contributed by atoms with Crippen LogP contribution in [0.3, 0.4) is 0 Å². The van der Waals surface area contributed by atoms with E-state index >= 15 is 0 Å². The van der Waals surface area contributed by atoms with Crippen LogP contribution in [0.2, 0.25) is 0 Å². The molecule has 2 nitrogen and oxygen atoms in total. The topological polar surface area (TPSA) is 36.9 Å². The molecule has 0 aliphatic rings. The largest absolute Gasteiger partial charge is 0.469 e. The first kappa shape index (κ1) is 9.85. The van der Waals surface area contributed by atoms with Gasteiger partial charge in [-0.25, -0.2) is 0 Å². The van der Waals surface area contributed by atoms with Crippen molar-refractivity contribution >= 4 is 0 Å². The molecular weight excluding hydrogens is 162 g/mol. The molecule has 1 aromatic heterocycles. The predicted octanol–water partition coefficient (Wildman–Crippen LogP) is 3.07. The van der Waals surface area contributed by atoms with Crippen molar-refractivity contribution in [3.05, 3.63) is 23.7 Å². The van der Waals surface area contributed by atoms with Crippen molar-refractivity contribution in [2.75, 3.05) is 0 Å². The maximum Gasteiger partial charge on any atom is 0.106 e. The smallest absolute Gasteiger partial charge is 0.106 e. The van der Waals surface area contributed by atoms with Crippen LogP contribution < -0.4 is 0 Å². The fourth-order valence-corrected chi connectivity index (χ4v) is 1.30. The Bertz CT molecular complexity index is 295. The molecule has 0 saturated heterocycles. The van der Waals surface area contributed by atoms with Crippen molar-refractivity contribution in [2.45, 2.75) is 33.1 Å². The van der Waals surface area contributed by atoms with Crippen LogP contribution in [0.25, 0.3) is 0 Å². The SMILES string of the molecule is Cc1ccoc1CC[C@@H](C)CC#N. The Labute approximate surface area is 79.2 Å². The van der Waals surface area contributed by atoms with E-state index in [1.165, 1.54) is 5.56 Å². The van der Waals surface area contributed by atoms with Crippen molar-refractivity contribution in [2.24, 2.45) is 5.92 Å². The summed E-state index contributed by atoms with van der Waals surface area (Å²) in [5, 5.41) is 8.48. The summed E-state index contributed by atoms with van der Waals surface area (Å²) in [4.78, 5) is 0. The normalized spacial score (nSPS) is 12.4. The van der Waals surface area contributed by atoms with E-state index in [4.69, 9.17) is 9.68 Å². The van der Waals surface area contributed by atoms with Crippen LogP contribution >= 0.6 is 0 Å². The minimum absolute atomic E-state index is 0.467. The first-order valence-corrected chi connectivity index (χ1v) is 4.64. The molecule has 13 heavy (non-hydrogen) atoms. The number of hydrogen-bond donors (Lipinski definition) is 0. The van der Waals surface area contributed by atoms with Gasteiger partial charge in [-0.3, -0.25) is 0 Å². The second kappa shape index (κ2) is 4.71. The third-order valence-electron chi connectivity index (χ3n) is 2.27. The van der Waals surface area contributed by atoms with Crippen molar-refractivity contribution in [1.29, 1.82) is 5.26 Å². The van der Waals surface area contributed by atoms with Gasteiger partial charge in [-0.05, 0) is 30.9 Å². The summed E-state index contributed by atoms with van der Waals surface area (Å²) in [7, 11) is 0. The van der Waals surface area contributed by atoms with E-state index in [1.807, 2.05) is 13.0 Å². The molecule has 0 aliphatic heterocycles. The zero-order chi connectivity index (χ0) is 9.68. The van der Waals surface area contributed by atoms with Crippen LogP contribution in [0.5, 0.6) is 0 Å². The summed E-state index contributed by atoms with van der Waals surface area (Å²) in [6, 6.07) is 4.16. The molecule has 0 aliphatic carbocycles. The van der Waals surface area contributed by atoms with Gasteiger partial charge in [0, 0.05) is 12.8 Å². The molecule has 0 saturated carbocycles. The molecule has 0 fully saturated rings. The van der Waals surface area contributed by atoms with Gasteiger partial charge in [-0.2, -0.15) is 5.26 Å². The Morgan fingerprint density at radius 2 is 2.38 bits per heavy atom. The van der Waals surface area contributed by atoms with Crippen LogP contribution in [0.15, 0.2) is 16.7 Å². The lowest BCUT2D eigenvalue weighted by Gasteiger charge is -2.04. The molecule has 1 atom stereocenters. The minimum Gasteiger partial charge on any atom is -0.469 e. The first-order chi connectivity index (χ1) is 6.24. The second-order valence-electron chi connectivity index (χ2n) is 3.53. The molecule has 70 valence electrons. The number of furan rings is 1. The van der Waals surface area contributed by atoms with Gasteiger partial charge in [0.2, 0.25) is 0 Å². The van der Waals surface area contributed by atoms with Crippen molar-refractivity contribution in [1.82, 2.24) is 0 Å². The van der Waals surface area contributed by atoms with Gasteiger partial charge < -0.3 is 4.42 Å². The standard InChI is InChI=1S/C11H15NO/c1-9(5-7-12)3-4-11-10(2)6-8-13-11/h6,8-9H,3-5H2,1-2H3/t9-/m1/s1. The highest BCUT2D eigenvalue weighted by atomic mass is 16.3. The molecule has 0 unspecified atom stereocenters. The highest BCUT2D eigenvalue weighted by molar-refractivity contribution is 5.14. The summed E-state index contributed by atoms with van der Waals surface area (Å²) in [5.74, 6) is 1.53. The third-order valence-corrected chi connectivity index (χ3v) is 2.27. The van der Waals surface area contributed by atoms with Gasteiger partial charge in [0.1, 0.15) is 5.76 Å². The van der Waals surface area contributed by atoms with Crippen molar-refractivity contribution < 1.29 is 4.42 Å². The van der Waals surface area contributed by atoms with Gasteiger partial charge in [0.25, 0.3) is 0 Å². The van der Waals surface area contributed by atoms with E-state index in [0.717, 1.165) is 18.6 Å². The summed E-state index contributed by atoms with van der Waals surface area (Å²) < 4.78 is 5.31. The quantitative estimate of drug-likeness (QED) is 0.708. The van der Waals surface area contributed by atoms with Crippen molar-refractivity contribution in [3.63, 3.8) is 0 Å². The summed E-state index contributed by atoms with van der Waals surface area (Å²) in [5.41, 5.74) is 1.21. The number of aryl methyl sites for hydroxylation is 2. The number of hydrogen-bond acceptors (Lipinski definition) is 2. The van der Waals surface area contributed by atoms with Gasteiger partial charge in [-0.1, -0.05) is 6.92 Å². The highest BCUT2D eigenvalue weighted by Gasteiger charge is 2.05. The Morgan fingerprint density at radius 3 is 2.92 bits per heavy atom. The van der Waals surface area contributed by atoms with E-state index in [1.54, 1.807) is 6.26 Å². The molecule has 1 aromatic rings. The Balaban J connectivity index is 2.36.